The molecule has 1 aromatic rings. The highest BCUT2D eigenvalue weighted by atomic mass is 32.2. The summed E-state index contributed by atoms with van der Waals surface area (Å²) in [6, 6.07) is 2.82. The molecule has 2 aliphatic rings. The standard InChI is InChI=1S/C22H25N3O6S/c1-4-5-6-7-14(27)23-15(12-8-10-13(26)11-9-12)18(28)24-16-19(29)25-17(21(30)31)22(2,3)32-20(16)25/h1,8-11,15-17,20,26H,5-7H2,2-3H3,(H,23,27)(H,24,28)(H,30,31)/t15-,16-,17+,20-/m1/s1. The molecule has 3 amide bonds. The number of aliphatic carboxylic acids is 1. The molecule has 4 N–H and O–H groups in total. The maximum Gasteiger partial charge on any atom is 0.327 e. The van der Waals surface area contributed by atoms with Crippen LogP contribution in [0.15, 0.2) is 24.3 Å². The largest absolute Gasteiger partial charge is 0.508 e. The quantitative estimate of drug-likeness (QED) is 0.258. The summed E-state index contributed by atoms with van der Waals surface area (Å²) in [5, 5.41) is 23.9. The first kappa shape index (κ1) is 23.5. The number of rotatable bonds is 8. The number of benzene rings is 1. The van der Waals surface area contributed by atoms with E-state index in [1.165, 1.54) is 40.9 Å². The minimum absolute atomic E-state index is 0.00219. The van der Waals surface area contributed by atoms with Crippen LogP contribution in [0.2, 0.25) is 0 Å². The van der Waals surface area contributed by atoms with Crippen LogP contribution in [0.1, 0.15) is 44.7 Å². The number of phenolic OH excluding ortho intramolecular Hbond substituents is 1. The summed E-state index contributed by atoms with van der Waals surface area (Å²) in [6.07, 6.45) is 6.23. The SMILES string of the molecule is C#CCCCC(=O)N[C@@H](C(=O)N[C@@H]1C(=O)N2[C@@H]1SC(C)(C)[C@@H]2C(=O)O)c1ccc(O)cc1. The molecule has 32 heavy (non-hydrogen) atoms. The summed E-state index contributed by atoms with van der Waals surface area (Å²) >= 11 is 1.32. The number of carboxylic acid groups (broad SMARTS) is 1. The highest BCUT2D eigenvalue weighted by molar-refractivity contribution is 8.01. The number of hydrogen-bond acceptors (Lipinski definition) is 6. The first-order valence-corrected chi connectivity index (χ1v) is 11.0. The number of β-lactam (4-membered cyclic amide) rings is 1. The van der Waals surface area contributed by atoms with E-state index in [4.69, 9.17) is 6.42 Å². The number of phenols is 1. The molecule has 170 valence electrons. The van der Waals surface area contributed by atoms with Gasteiger partial charge in [0.2, 0.25) is 17.7 Å². The molecule has 0 bridgehead atoms. The fraction of sp³-hybridized carbons (Fsp3) is 0.455. The summed E-state index contributed by atoms with van der Waals surface area (Å²) in [7, 11) is 0. The zero-order valence-electron chi connectivity index (χ0n) is 17.7. The summed E-state index contributed by atoms with van der Waals surface area (Å²) < 4.78 is -0.715. The number of carbonyl (C=O) groups excluding carboxylic acids is 3. The van der Waals surface area contributed by atoms with E-state index < -0.39 is 46.0 Å². The Morgan fingerprint density at radius 1 is 1.28 bits per heavy atom. The van der Waals surface area contributed by atoms with Gasteiger partial charge in [-0.3, -0.25) is 14.4 Å². The predicted molar refractivity (Wildman–Crippen MR) is 117 cm³/mol. The van der Waals surface area contributed by atoms with Crippen molar-refractivity contribution in [2.24, 2.45) is 0 Å². The molecule has 2 saturated heterocycles. The zero-order chi connectivity index (χ0) is 23.6. The van der Waals surface area contributed by atoms with Gasteiger partial charge in [0.05, 0.1) is 0 Å². The van der Waals surface area contributed by atoms with Crippen molar-refractivity contribution < 1.29 is 29.4 Å². The molecular weight excluding hydrogens is 434 g/mol. The number of thioether (sulfide) groups is 1. The van der Waals surface area contributed by atoms with Crippen molar-refractivity contribution in [1.82, 2.24) is 15.5 Å². The number of terminal acetylenes is 1. The Morgan fingerprint density at radius 3 is 2.53 bits per heavy atom. The van der Waals surface area contributed by atoms with Crippen LogP contribution in [0, 0.1) is 12.3 Å². The molecule has 0 aromatic heterocycles. The summed E-state index contributed by atoms with van der Waals surface area (Å²) in [6.45, 7) is 3.49. The number of unbranched alkanes of at least 4 members (excludes halogenated alkanes) is 1. The molecule has 4 atom stereocenters. The van der Waals surface area contributed by atoms with E-state index in [1.807, 2.05) is 0 Å². The van der Waals surface area contributed by atoms with Crippen LogP contribution in [-0.2, 0) is 19.2 Å². The van der Waals surface area contributed by atoms with Gasteiger partial charge in [-0.05, 0) is 38.0 Å². The Hall–Kier alpha value is -3.19. The van der Waals surface area contributed by atoms with Crippen LogP contribution in [0.25, 0.3) is 0 Å². The average Bonchev–Trinajstić information content (AvgIpc) is 2.99. The maximum absolute atomic E-state index is 13.1. The molecule has 10 heteroatoms. The lowest BCUT2D eigenvalue weighted by Gasteiger charge is -2.44. The van der Waals surface area contributed by atoms with E-state index in [1.54, 1.807) is 13.8 Å². The van der Waals surface area contributed by atoms with E-state index in [0.717, 1.165) is 0 Å². The number of carboxylic acids is 1. The second-order valence-corrected chi connectivity index (χ2v) is 10.0. The smallest absolute Gasteiger partial charge is 0.327 e. The minimum atomic E-state index is -1.09. The lowest BCUT2D eigenvalue weighted by Crippen LogP contribution is -2.71. The van der Waals surface area contributed by atoms with Crippen molar-refractivity contribution in [1.29, 1.82) is 0 Å². The molecule has 0 radical (unpaired) electrons. The molecule has 0 unspecified atom stereocenters. The molecule has 0 spiro atoms. The summed E-state index contributed by atoms with van der Waals surface area (Å²) in [4.78, 5) is 51.0. The lowest BCUT2D eigenvalue weighted by atomic mass is 9.95. The average molecular weight is 460 g/mol. The van der Waals surface area contributed by atoms with Crippen LogP contribution in [0.4, 0.5) is 0 Å². The van der Waals surface area contributed by atoms with Gasteiger partial charge in [0.15, 0.2) is 0 Å². The topological polar surface area (TPSA) is 136 Å². The Morgan fingerprint density at radius 2 is 1.94 bits per heavy atom. The van der Waals surface area contributed by atoms with Crippen LogP contribution in [-0.4, -0.2) is 61.0 Å². The van der Waals surface area contributed by atoms with E-state index in [-0.39, 0.29) is 18.1 Å². The Labute approximate surface area is 189 Å². The second-order valence-electron chi connectivity index (χ2n) is 8.23. The summed E-state index contributed by atoms with van der Waals surface area (Å²) in [5.74, 6) is -0.0934. The van der Waals surface area contributed by atoms with Crippen LogP contribution >= 0.6 is 11.8 Å². The zero-order valence-corrected chi connectivity index (χ0v) is 18.5. The number of nitrogens with zero attached hydrogens (tertiary/aromatic N) is 1. The van der Waals surface area contributed by atoms with Gasteiger partial charge in [-0.2, -0.15) is 0 Å². The Kier molecular flexibility index (Phi) is 6.69. The van der Waals surface area contributed by atoms with Gasteiger partial charge in [-0.25, -0.2) is 4.79 Å². The molecule has 1 aromatic carbocycles. The Bertz CT molecular complexity index is 971. The number of carbonyl (C=O) groups is 4. The summed E-state index contributed by atoms with van der Waals surface area (Å²) in [5.41, 5.74) is 0.428. The molecule has 2 aliphatic heterocycles. The minimum Gasteiger partial charge on any atom is -0.508 e. The first-order chi connectivity index (χ1) is 15.1. The van der Waals surface area contributed by atoms with Crippen molar-refractivity contribution in [2.75, 3.05) is 0 Å². The fourth-order valence-electron chi connectivity index (χ4n) is 3.93. The molecular formula is C22H25N3O6S. The third-order valence-corrected chi connectivity index (χ3v) is 7.06. The third kappa shape index (κ3) is 4.53. The number of amides is 3. The van der Waals surface area contributed by atoms with E-state index in [2.05, 4.69) is 16.6 Å². The van der Waals surface area contributed by atoms with Crippen molar-refractivity contribution in [2.45, 2.75) is 61.4 Å². The number of nitrogens with one attached hydrogen (secondary N) is 2. The van der Waals surface area contributed by atoms with Crippen LogP contribution in [0.3, 0.4) is 0 Å². The lowest BCUT2D eigenvalue weighted by molar-refractivity contribution is -0.161. The van der Waals surface area contributed by atoms with E-state index in [0.29, 0.717) is 18.4 Å². The second kappa shape index (κ2) is 9.12. The maximum atomic E-state index is 13.1. The predicted octanol–water partition coefficient (Wildman–Crippen LogP) is 0.985. The Balaban J connectivity index is 1.75. The highest BCUT2D eigenvalue weighted by Gasteiger charge is 2.64. The monoisotopic (exact) mass is 459 g/mol. The molecule has 2 fully saturated rings. The molecule has 0 saturated carbocycles. The first-order valence-electron chi connectivity index (χ1n) is 10.1. The number of fused-ring (bicyclic) bond motifs is 1. The molecule has 3 rings (SSSR count). The van der Waals surface area contributed by atoms with Gasteiger partial charge in [-0.15, -0.1) is 24.1 Å². The molecule has 9 nitrogen and oxygen atoms in total. The highest BCUT2D eigenvalue weighted by Crippen LogP contribution is 2.50. The normalized spacial score (nSPS) is 24.0. The van der Waals surface area contributed by atoms with Crippen molar-refractivity contribution in [3.05, 3.63) is 29.8 Å². The van der Waals surface area contributed by atoms with Crippen molar-refractivity contribution >= 4 is 35.5 Å². The molecule has 0 aliphatic carbocycles. The van der Waals surface area contributed by atoms with Gasteiger partial charge < -0.3 is 25.7 Å². The van der Waals surface area contributed by atoms with E-state index >= 15 is 0 Å². The van der Waals surface area contributed by atoms with Gasteiger partial charge in [0.1, 0.15) is 29.2 Å². The third-order valence-electron chi connectivity index (χ3n) is 5.49. The number of aromatic hydroxyl groups is 1. The van der Waals surface area contributed by atoms with Crippen LogP contribution in [0.5, 0.6) is 5.75 Å². The van der Waals surface area contributed by atoms with Gasteiger partial charge >= 0.3 is 5.97 Å². The molecule has 2 heterocycles. The fourth-order valence-corrected chi connectivity index (χ4v) is 5.56. The van der Waals surface area contributed by atoms with Crippen LogP contribution < -0.4 is 10.6 Å². The van der Waals surface area contributed by atoms with Gasteiger partial charge in [0, 0.05) is 17.6 Å². The van der Waals surface area contributed by atoms with E-state index in [9.17, 15) is 29.4 Å². The number of hydrogen-bond donors (Lipinski definition) is 4. The van der Waals surface area contributed by atoms with Gasteiger partial charge in [0.25, 0.3) is 0 Å². The van der Waals surface area contributed by atoms with Crippen molar-refractivity contribution in [3.8, 4) is 18.1 Å². The van der Waals surface area contributed by atoms with Gasteiger partial charge in [-0.1, -0.05) is 12.1 Å². The van der Waals surface area contributed by atoms with Crippen molar-refractivity contribution in [3.63, 3.8) is 0 Å².